The first-order valence-corrected chi connectivity index (χ1v) is 9.09. The molecule has 0 unspecified atom stereocenters. The van der Waals surface area contributed by atoms with Crippen LogP contribution < -0.4 is 21.3 Å². The summed E-state index contributed by atoms with van der Waals surface area (Å²) < 4.78 is 5.69. The van der Waals surface area contributed by atoms with Gasteiger partial charge in [0.2, 0.25) is 5.88 Å². The number of pyridine rings is 2. The van der Waals surface area contributed by atoms with Crippen LogP contribution in [-0.2, 0) is 6.54 Å². The molecule has 9 nitrogen and oxygen atoms in total. The van der Waals surface area contributed by atoms with Gasteiger partial charge in [0.05, 0.1) is 5.39 Å². The van der Waals surface area contributed by atoms with Gasteiger partial charge < -0.3 is 10.1 Å². The van der Waals surface area contributed by atoms with E-state index >= 15 is 0 Å². The molecule has 0 aliphatic carbocycles. The number of para-hydroxylation sites is 1. The quantitative estimate of drug-likeness (QED) is 0.468. The number of aromatic amines is 2. The second-order valence-corrected chi connectivity index (χ2v) is 6.56. The predicted octanol–water partition coefficient (Wildman–Crippen LogP) is 2.04. The van der Waals surface area contributed by atoms with Crippen molar-refractivity contribution in [2.75, 3.05) is 0 Å². The van der Waals surface area contributed by atoms with Gasteiger partial charge in [-0.05, 0) is 42.3 Å². The summed E-state index contributed by atoms with van der Waals surface area (Å²) in [5, 5.41) is 3.00. The summed E-state index contributed by atoms with van der Waals surface area (Å²) in [6, 6.07) is 14.2. The van der Waals surface area contributed by atoms with Crippen molar-refractivity contribution in [3.05, 3.63) is 92.4 Å². The number of nitrogens with zero attached hydrogens (tertiary/aromatic N) is 2. The number of ether oxygens (including phenoxy) is 1. The van der Waals surface area contributed by atoms with Gasteiger partial charge in [0.15, 0.2) is 0 Å². The van der Waals surface area contributed by atoms with E-state index in [4.69, 9.17) is 4.74 Å². The van der Waals surface area contributed by atoms with E-state index in [1.165, 1.54) is 6.07 Å². The topological polar surface area (TPSA) is 130 Å². The van der Waals surface area contributed by atoms with Gasteiger partial charge in [0.1, 0.15) is 17.1 Å². The van der Waals surface area contributed by atoms with E-state index in [-0.39, 0.29) is 23.3 Å². The van der Waals surface area contributed by atoms with Crippen LogP contribution in [-0.4, -0.2) is 25.8 Å². The third-order valence-corrected chi connectivity index (χ3v) is 4.35. The number of aromatic nitrogens is 4. The van der Waals surface area contributed by atoms with Gasteiger partial charge in [-0.15, -0.1) is 0 Å². The average Bonchev–Trinajstić information content (AvgIpc) is 2.72. The third-order valence-electron chi connectivity index (χ3n) is 4.35. The minimum Gasteiger partial charge on any atom is -0.439 e. The molecule has 0 spiro atoms. The Labute approximate surface area is 169 Å². The van der Waals surface area contributed by atoms with Crippen LogP contribution in [0.5, 0.6) is 11.6 Å². The first kappa shape index (κ1) is 19.1. The van der Waals surface area contributed by atoms with E-state index in [0.29, 0.717) is 17.2 Å². The second kappa shape index (κ2) is 8.00. The summed E-state index contributed by atoms with van der Waals surface area (Å²) >= 11 is 0. The highest BCUT2D eigenvalue weighted by Gasteiger charge is 2.13. The maximum absolute atomic E-state index is 12.6. The molecule has 30 heavy (non-hydrogen) atoms. The monoisotopic (exact) mass is 403 g/mol. The Morgan fingerprint density at radius 1 is 1.10 bits per heavy atom. The summed E-state index contributed by atoms with van der Waals surface area (Å²) in [5.41, 5.74) is 0.248. The largest absolute Gasteiger partial charge is 0.439 e. The zero-order valence-corrected chi connectivity index (χ0v) is 15.9. The Kier molecular flexibility index (Phi) is 5.08. The van der Waals surface area contributed by atoms with Gasteiger partial charge in [-0.25, -0.2) is 14.8 Å². The van der Waals surface area contributed by atoms with E-state index in [9.17, 15) is 14.4 Å². The van der Waals surface area contributed by atoms with Crippen molar-refractivity contribution >= 4 is 16.9 Å². The Hall–Kier alpha value is -4.27. The van der Waals surface area contributed by atoms with Crippen molar-refractivity contribution in [2.45, 2.75) is 13.5 Å². The van der Waals surface area contributed by atoms with Crippen molar-refractivity contribution in [1.29, 1.82) is 0 Å². The van der Waals surface area contributed by atoms with Crippen LogP contribution in [0.25, 0.3) is 11.0 Å². The number of hydrogen-bond donors (Lipinski definition) is 3. The van der Waals surface area contributed by atoms with Gasteiger partial charge in [0.25, 0.3) is 11.5 Å². The number of nitrogens with one attached hydrogen (secondary N) is 3. The SMILES string of the molecule is Cc1cc(C(=O)NCc2ccnc(Oc3ccccc3)c2)nc2[nH]c(=O)[nH]c(=O)c12. The summed E-state index contributed by atoms with van der Waals surface area (Å²) in [5.74, 6) is 0.624. The molecule has 3 heterocycles. The number of H-pyrrole nitrogens is 2. The van der Waals surface area contributed by atoms with E-state index in [1.54, 1.807) is 25.3 Å². The fraction of sp³-hybridized carbons (Fsp3) is 0.0952. The number of carbonyl (C=O) groups excluding carboxylic acids is 1. The van der Waals surface area contributed by atoms with Crippen molar-refractivity contribution in [3.8, 4) is 11.6 Å². The van der Waals surface area contributed by atoms with Crippen molar-refractivity contribution in [3.63, 3.8) is 0 Å². The molecule has 0 atom stereocenters. The summed E-state index contributed by atoms with van der Waals surface area (Å²) in [6.07, 6.45) is 1.59. The highest BCUT2D eigenvalue weighted by Crippen LogP contribution is 2.19. The minimum atomic E-state index is -0.681. The third kappa shape index (κ3) is 4.09. The Bertz CT molecular complexity index is 1350. The van der Waals surface area contributed by atoms with Crippen molar-refractivity contribution < 1.29 is 9.53 Å². The Morgan fingerprint density at radius 2 is 1.90 bits per heavy atom. The van der Waals surface area contributed by atoms with Gasteiger partial charge >= 0.3 is 5.69 Å². The number of fused-ring (bicyclic) bond motifs is 1. The second-order valence-electron chi connectivity index (χ2n) is 6.56. The van der Waals surface area contributed by atoms with Gasteiger partial charge in [-0.2, -0.15) is 0 Å². The summed E-state index contributed by atoms with van der Waals surface area (Å²) in [7, 11) is 0. The molecule has 4 aromatic rings. The van der Waals surface area contributed by atoms with Gasteiger partial charge in [-0.1, -0.05) is 18.2 Å². The maximum Gasteiger partial charge on any atom is 0.327 e. The minimum absolute atomic E-state index is 0.0661. The average molecular weight is 403 g/mol. The molecule has 1 aromatic carbocycles. The Balaban J connectivity index is 1.50. The molecule has 0 fully saturated rings. The summed E-state index contributed by atoms with van der Waals surface area (Å²) in [4.78, 5) is 48.9. The first-order valence-electron chi connectivity index (χ1n) is 9.09. The fourth-order valence-corrected chi connectivity index (χ4v) is 2.97. The lowest BCUT2D eigenvalue weighted by atomic mass is 10.1. The van der Waals surface area contributed by atoms with Crippen LogP contribution in [0.4, 0.5) is 0 Å². The van der Waals surface area contributed by atoms with Crippen LogP contribution in [0.3, 0.4) is 0 Å². The van der Waals surface area contributed by atoms with Crippen LogP contribution >= 0.6 is 0 Å². The number of aryl methyl sites for hydroxylation is 1. The van der Waals surface area contributed by atoms with Crippen LogP contribution in [0.1, 0.15) is 21.6 Å². The molecule has 3 aromatic heterocycles. The van der Waals surface area contributed by atoms with Crippen molar-refractivity contribution in [2.24, 2.45) is 0 Å². The molecule has 0 saturated carbocycles. The summed E-state index contributed by atoms with van der Waals surface area (Å²) in [6.45, 7) is 1.89. The Morgan fingerprint density at radius 3 is 2.70 bits per heavy atom. The molecular weight excluding hydrogens is 386 g/mol. The molecule has 150 valence electrons. The lowest BCUT2D eigenvalue weighted by molar-refractivity contribution is 0.0946. The number of amides is 1. The zero-order valence-electron chi connectivity index (χ0n) is 15.9. The number of hydrogen-bond acceptors (Lipinski definition) is 6. The van der Waals surface area contributed by atoms with Crippen LogP contribution in [0, 0.1) is 6.92 Å². The number of benzene rings is 1. The van der Waals surface area contributed by atoms with E-state index in [1.807, 2.05) is 30.3 Å². The van der Waals surface area contributed by atoms with E-state index in [2.05, 4.69) is 25.3 Å². The highest BCUT2D eigenvalue weighted by atomic mass is 16.5. The maximum atomic E-state index is 12.6. The zero-order chi connectivity index (χ0) is 21.1. The molecular formula is C21H17N5O4. The normalized spacial score (nSPS) is 10.7. The number of carbonyl (C=O) groups is 1. The fourth-order valence-electron chi connectivity index (χ4n) is 2.97. The molecule has 0 aliphatic rings. The van der Waals surface area contributed by atoms with Crippen molar-refractivity contribution in [1.82, 2.24) is 25.3 Å². The number of rotatable bonds is 5. The predicted molar refractivity (Wildman–Crippen MR) is 110 cm³/mol. The van der Waals surface area contributed by atoms with Gasteiger partial charge in [0, 0.05) is 18.8 Å². The molecule has 0 aliphatic heterocycles. The van der Waals surface area contributed by atoms with E-state index in [0.717, 1.165) is 5.56 Å². The first-order chi connectivity index (χ1) is 14.5. The molecule has 4 rings (SSSR count). The molecule has 9 heteroatoms. The molecule has 1 amide bonds. The van der Waals surface area contributed by atoms with Crippen LogP contribution in [0.2, 0.25) is 0 Å². The van der Waals surface area contributed by atoms with E-state index < -0.39 is 17.2 Å². The molecule has 0 radical (unpaired) electrons. The highest BCUT2D eigenvalue weighted by molar-refractivity contribution is 5.95. The standard InChI is InChI=1S/C21H17N5O4/c1-12-9-15(24-18-17(12)20(28)26-21(29)25-18)19(27)23-11-13-7-8-22-16(10-13)30-14-5-3-2-4-6-14/h2-10H,11H2,1H3,(H,23,27)(H2,24,25,26,28,29). The lowest BCUT2D eigenvalue weighted by Gasteiger charge is -2.09. The van der Waals surface area contributed by atoms with Gasteiger partial charge in [-0.3, -0.25) is 19.6 Å². The smallest absolute Gasteiger partial charge is 0.327 e. The van der Waals surface area contributed by atoms with Crippen LogP contribution in [0.15, 0.2) is 64.3 Å². The molecule has 0 bridgehead atoms. The molecule has 3 N–H and O–H groups in total. The lowest BCUT2D eigenvalue weighted by Crippen LogP contribution is -2.26. The molecule has 0 saturated heterocycles.